The SMILES string of the molecule is CCCCC(NC1CCSCC1)C(=O)Nc1cccc(N2CCCC2)c1. The van der Waals surface area contributed by atoms with Crippen molar-refractivity contribution in [1.82, 2.24) is 5.32 Å². The highest BCUT2D eigenvalue weighted by molar-refractivity contribution is 7.99. The Labute approximate surface area is 162 Å². The summed E-state index contributed by atoms with van der Waals surface area (Å²) in [5.41, 5.74) is 2.14. The van der Waals surface area contributed by atoms with Crippen molar-refractivity contribution in [2.24, 2.45) is 0 Å². The van der Waals surface area contributed by atoms with Gasteiger partial charge in [-0.25, -0.2) is 0 Å². The van der Waals surface area contributed by atoms with Crippen molar-refractivity contribution in [3.05, 3.63) is 24.3 Å². The number of nitrogens with zero attached hydrogens (tertiary/aromatic N) is 1. The number of carbonyl (C=O) groups is 1. The van der Waals surface area contributed by atoms with Crippen LogP contribution in [0.25, 0.3) is 0 Å². The van der Waals surface area contributed by atoms with E-state index in [1.165, 1.54) is 42.9 Å². The molecule has 2 aliphatic heterocycles. The van der Waals surface area contributed by atoms with Gasteiger partial charge in [0, 0.05) is 30.5 Å². The number of anilines is 2. The third-order valence-electron chi connectivity index (χ3n) is 5.41. The number of unbranched alkanes of at least 4 members (excludes halogenated alkanes) is 1. The maximum Gasteiger partial charge on any atom is 0.241 e. The molecule has 5 heteroatoms. The molecule has 2 heterocycles. The topological polar surface area (TPSA) is 44.4 Å². The van der Waals surface area contributed by atoms with E-state index in [1.54, 1.807) is 0 Å². The highest BCUT2D eigenvalue weighted by Gasteiger charge is 2.23. The van der Waals surface area contributed by atoms with Crippen molar-refractivity contribution < 1.29 is 4.79 Å². The lowest BCUT2D eigenvalue weighted by atomic mass is 10.1. The summed E-state index contributed by atoms with van der Waals surface area (Å²) in [6.45, 7) is 4.43. The zero-order valence-electron chi connectivity index (χ0n) is 16.0. The van der Waals surface area contributed by atoms with Gasteiger partial charge in [0.15, 0.2) is 0 Å². The molecule has 0 aromatic heterocycles. The quantitative estimate of drug-likeness (QED) is 0.712. The van der Waals surface area contributed by atoms with Crippen molar-refractivity contribution in [2.45, 2.75) is 64.0 Å². The number of benzene rings is 1. The predicted molar refractivity (Wildman–Crippen MR) is 113 cm³/mol. The van der Waals surface area contributed by atoms with Gasteiger partial charge >= 0.3 is 0 Å². The summed E-state index contributed by atoms with van der Waals surface area (Å²) in [6, 6.07) is 8.73. The Kier molecular flexibility index (Phi) is 7.69. The Morgan fingerprint density at radius 2 is 2.04 bits per heavy atom. The lowest BCUT2D eigenvalue weighted by Gasteiger charge is -2.28. The van der Waals surface area contributed by atoms with Crippen LogP contribution < -0.4 is 15.5 Å². The predicted octanol–water partition coefficient (Wildman–Crippen LogP) is 4.27. The van der Waals surface area contributed by atoms with Gasteiger partial charge in [-0.3, -0.25) is 4.79 Å². The molecular weight excluding hydrogens is 342 g/mol. The van der Waals surface area contributed by atoms with E-state index in [2.05, 4.69) is 40.7 Å². The number of nitrogens with one attached hydrogen (secondary N) is 2. The Morgan fingerprint density at radius 1 is 1.27 bits per heavy atom. The van der Waals surface area contributed by atoms with Crippen molar-refractivity contribution in [3.8, 4) is 0 Å². The minimum Gasteiger partial charge on any atom is -0.371 e. The average molecular weight is 376 g/mol. The van der Waals surface area contributed by atoms with E-state index in [-0.39, 0.29) is 11.9 Å². The first kappa shape index (κ1) is 19.6. The number of rotatable bonds is 8. The lowest BCUT2D eigenvalue weighted by molar-refractivity contribution is -0.118. The first-order valence-electron chi connectivity index (χ1n) is 10.3. The van der Waals surface area contributed by atoms with E-state index in [0.717, 1.165) is 38.0 Å². The average Bonchev–Trinajstić information content (AvgIpc) is 3.21. The van der Waals surface area contributed by atoms with Crippen LogP contribution in [0.15, 0.2) is 24.3 Å². The summed E-state index contributed by atoms with van der Waals surface area (Å²) in [4.78, 5) is 15.3. The van der Waals surface area contributed by atoms with Gasteiger partial charge in [0.25, 0.3) is 0 Å². The fraction of sp³-hybridized carbons (Fsp3) is 0.667. The van der Waals surface area contributed by atoms with E-state index in [4.69, 9.17) is 0 Å². The summed E-state index contributed by atoms with van der Waals surface area (Å²) in [7, 11) is 0. The molecule has 2 aliphatic rings. The highest BCUT2D eigenvalue weighted by Crippen LogP contribution is 2.24. The summed E-state index contributed by atoms with van der Waals surface area (Å²) in [5.74, 6) is 2.53. The molecule has 4 nitrogen and oxygen atoms in total. The van der Waals surface area contributed by atoms with Gasteiger partial charge in [-0.2, -0.15) is 11.8 Å². The van der Waals surface area contributed by atoms with Gasteiger partial charge < -0.3 is 15.5 Å². The number of thioether (sulfide) groups is 1. The fourth-order valence-corrected chi connectivity index (χ4v) is 4.94. The van der Waals surface area contributed by atoms with Crippen molar-refractivity contribution in [3.63, 3.8) is 0 Å². The summed E-state index contributed by atoms with van der Waals surface area (Å²) >= 11 is 2.02. The second kappa shape index (κ2) is 10.2. The molecular formula is C21H33N3OS. The summed E-state index contributed by atoms with van der Waals surface area (Å²) in [5, 5.41) is 6.82. The van der Waals surface area contributed by atoms with Gasteiger partial charge in [0.1, 0.15) is 0 Å². The minimum atomic E-state index is -0.0847. The van der Waals surface area contributed by atoms with Crippen LogP contribution in [-0.2, 0) is 4.79 Å². The lowest BCUT2D eigenvalue weighted by Crippen LogP contribution is -2.47. The third kappa shape index (κ3) is 5.65. The molecule has 2 N–H and O–H groups in total. The van der Waals surface area contributed by atoms with E-state index in [9.17, 15) is 4.79 Å². The summed E-state index contributed by atoms with van der Waals surface area (Å²) < 4.78 is 0. The van der Waals surface area contributed by atoms with E-state index >= 15 is 0 Å². The second-order valence-corrected chi connectivity index (χ2v) is 8.71. The summed E-state index contributed by atoms with van der Waals surface area (Å²) in [6.07, 6.45) is 7.99. The molecule has 0 saturated carbocycles. The molecule has 144 valence electrons. The normalized spacial score (nSPS) is 19.5. The molecule has 1 amide bonds. The molecule has 1 aromatic rings. The molecule has 0 radical (unpaired) electrons. The highest BCUT2D eigenvalue weighted by atomic mass is 32.2. The second-order valence-electron chi connectivity index (χ2n) is 7.48. The maximum absolute atomic E-state index is 12.9. The third-order valence-corrected chi connectivity index (χ3v) is 6.45. The molecule has 0 spiro atoms. The number of hydrogen-bond donors (Lipinski definition) is 2. The molecule has 3 rings (SSSR count). The smallest absolute Gasteiger partial charge is 0.241 e. The molecule has 2 saturated heterocycles. The van der Waals surface area contributed by atoms with Crippen LogP contribution in [0, 0.1) is 0 Å². The first-order valence-corrected chi connectivity index (χ1v) is 11.4. The van der Waals surface area contributed by atoms with Gasteiger partial charge in [-0.1, -0.05) is 25.8 Å². The van der Waals surface area contributed by atoms with Crippen LogP contribution in [0.2, 0.25) is 0 Å². The maximum atomic E-state index is 12.9. The first-order chi connectivity index (χ1) is 12.8. The van der Waals surface area contributed by atoms with Gasteiger partial charge in [-0.15, -0.1) is 0 Å². The van der Waals surface area contributed by atoms with E-state index in [0.29, 0.717) is 6.04 Å². The standard InChI is InChI=1S/C21H33N3OS/c1-2-3-9-20(22-17-10-14-26-15-11-17)21(25)23-18-7-6-8-19(16-18)24-12-4-5-13-24/h6-8,16-17,20,22H,2-5,9-15H2,1H3,(H,23,25). The van der Waals surface area contributed by atoms with Crippen molar-refractivity contribution in [1.29, 1.82) is 0 Å². The van der Waals surface area contributed by atoms with Crippen LogP contribution >= 0.6 is 11.8 Å². The molecule has 26 heavy (non-hydrogen) atoms. The molecule has 0 bridgehead atoms. The Morgan fingerprint density at radius 3 is 2.77 bits per heavy atom. The molecule has 1 atom stereocenters. The van der Waals surface area contributed by atoms with Crippen LogP contribution in [0.5, 0.6) is 0 Å². The Balaban J connectivity index is 1.61. The largest absolute Gasteiger partial charge is 0.371 e. The van der Waals surface area contributed by atoms with Crippen LogP contribution in [0.1, 0.15) is 51.9 Å². The monoisotopic (exact) mass is 375 g/mol. The zero-order valence-corrected chi connectivity index (χ0v) is 16.8. The van der Waals surface area contributed by atoms with Crippen LogP contribution in [-0.4, -0.2) is 42.6 Å². The van der Waals surface area contributed by atoms with Crippen molar-refractivity contribution >= 4 is 29.0 Å². The number of carbonyl (C=O) groups excluding carboxylic acids is 1. The Bertz CT molecular complexity index is 568. The number of hydrogen-bond acceptors (Lipinski definition) is 4. The minimum absolute atomic E-state index is 0.0847. The zero-order chi connectivity index (χ0) is 18.2. The van der Waals surface area contributed by atoms with Gasteiger partial charge in [-0.05, 0) is 61.8 Å². The van der Waals surface area contributed by atoms with Gasteiger partial charge in [0.2, 0.25) is 5.91 Å². The number of amides is 1. The van der Waals surface area contributed by atoms with E-state index in [1.807, 2.05) is 17.8 Å². The molecule has 2 fully saturated rings. The molecule has 1 aromatic carbocycles. The molecule has 0 aliphatic carbocycles. The fourth-order valence-electron chi connectivity index (χ4n) is 3.83. The van der Waals surface area contributed by atoms with E-state index < -0.39 is 0 Å². The molecule has 1 unspecified atom stereocenters. The Hall–Kier alpha value is -1.20. The van der Waals surface area contributed by atoms with Crippen LogP contribution in [0.4, 0.5) is 11.4 Å². The van der Waals surface area contributed by atoms with Gasteiger partial charge in [0.05, 0.1) is 6.04 Å². The van der Waals surface area contributed by atoms with Crippen molar-refractivity contribution in [2.75, 3.05) is 34.8 Å². The van der Waals surface area contributed by atoms with Crippen LogP contribution in [0.3, 0.4) is 0 Å².